The van der Waals surface area contributed by atoms with Gasteiger partial charge in [0.05, 0.1) is 5.39 Å². The Balaban J connectivity index is 1.61. The molecule has 0 bridgehead atoms. The molecule has 5 nitrogen and oxygen atoms in total. The van der Waals surface area contributed by atoms with Crippen LogP contribution in [0.2, 0.25) is 0 Å². The molecule has 4 rings (SSSR count). The number of piperidine rings is 1. The molecule has 3 aromatic rings. The summed E-state index contributed by atoms with van der Waals surface area (Å²) in [5, 5.41) is 2.33. The molecule has 5 heteroatoms. The molecule has 140 valence electrons. The molecule has 2 heterocycles. The Labute approximate surface area is 157 Å². The first kappa shape index (κ1) is 17.6. The van der Waals surface area contributed by atoms with E-state index < -0.39 is 0 Å². The van der Waals surface area contributed by atoms with Gasteiger partial charge in [-0.3, -0.25) is 4.79 Å². The van der Waals surface area contributed by atoms with Gasteiger partial charge < -0.3 is 14.1 Å². The van der Waals surface area contributed by atoms with Crippen molar-refractivity contribution in [2.45, 2.75) is 26.7 Å². The van der Waals surface area contributed by atoms with Gasteiger partial charge in [-0.15, -0.1) is 0 Å². The van der Waals surface area contributed by atoms with Gasteiger partial charge in [-0.25, -0.2) is 4.79 Å². The average molecular weight is 365 g/mol. The van der Waals surface area contributed by atoms with Crippen molar-refractivity contribution in [3.63, 3.8) is 0 Å². The highest BCUT2D eigenvalue weighted by Gasteiger charge is 2.21. The number of nitrogens with zero attached hydrogens (tertiary/aromatic N) is 1. The van der Waals surface area contributed by atoms with Gasteiger partial charge in [0.15, 0.2) is 6.61 Å². The Morgan fingerprint density at radius 1 is 1.26 bits per heavy atom. The molecular formula is C22H23NO4. The standard InChI is InChI=1S/C22H23NO4/c1-14-6-5-9-23(12-14)20(24)13-26-16-10-15(2)21-17-7-3-4-8-18(17)22(25)27-19(21)11-16/h3-4,7-8,10-11,14H,5-6,9,12-13H2,1-2H3/t14-/m1/s1. The summed E-state index contributed by atoms with van der Waals surface area (Å²) in [4.78, 5) is 26.5. The number of rotatable bonds is 3. The molecule has 1 atom stereocenters. The highest BCUT2D eigenvalue weighted by atomic mass is 16.5. The number of benzene rings is 2. The third kappa shape index (κ3) is 3.42. The van der Waals surface area contributed by atoms with E-state index in [-0.39, 0.29) is 18.1 Å². The van der Waals surface area contributed by atoms with Crippen LogP contribution in [0.3, 0.4) is 0 Å². The van der Waals surface area contributed by atoms with Crippen molar-refractivity contribution >= 4 is 27.6 Å². The lowest BCUT2D eigenvalue weighted by Gasteiger charge is -2.30. The Morgan fingerprint density at radius 2 is 2.04 bits per heavy atom. The van der Waals surface area contributed by atoms with Crippen LogP contribution in [0.25, 0.3) is 21.7 Å². The monoisotopic (exact) mass is 365 g/mol. The first-order valence-corrected chi connectivity index (χ1v) is 9.39. The van der Waals surface area contributed by atoms with Gasteiger partial charge >= 0.3 is 5.63 Å². The number of amides is 1. The van der Waals surface area contributed by atoms with E-state index in [1.54, 1.807) is 12.1 Å². The second-order valence-corrected chi connectivity index (χ2v) is 7.42. The molecule has 0 aliphatic carbocycles. The van der Waals surface area contributed by atoms with Crippen LogP contribution in [-0.2, 0) is 4.79 Å². The summed E-state index contributed by atoms with van der Waals surface area (Å²) in [5.41, 5.74) is 1.06. The quantitative estimate of drug-likeness (QED) is 0.522. The second kappa shape index (κ2) is 7.06. The molecular weight excluding hydrogens is 342 g/mol. The number of hydrogen-bond donors (Lipinski definition) is 0. The number of ether oxygens (including phenoxy) is 1. The van der Waals surface area contributed by atoms with Crippen LogP contribution >= 0.6 is 0 Å². The van der Waals surface area contributed by atoms with Crippen LogP contribution in [0.15, 0.2) is 45.6 Å². The Kier molecular flexibility index (Phi) is 4.60. The van der Waals surface area contributed by atoms with Crippen LogP contribution in [-0.4, -0.2) is 30.5 Å². The van der Waals surface area contributed by atoms with E-state index >= 15 is 0 Å². The molecule has 27 heavy (non-hydrogen) atoms. The van der Waals surface area contributed by atoms with Crippen molar-refractivity contribution in [1.82, 2.24) is 4.90 Å². The lowest BCUT2D eigenvalue weighted by Crippen LogP contribution is -2.41. The number of fused-ring (bicyclic) bond motifs is 3. The van der Waals surface area contributed by atoms with Crippen molar-refractivity contribution in [3.8, 4) is 5.75 Å². The van der Waals surface area contributed by atoms with Crippen molar-refractivity contribution in [3.05, 3.63) is 52.4 Å². The molecule has 1 fully saturated rings. The molecule has 1 saturated heterocycles. The predicted octanol–water partition coefficient (Wildman–Crippen LogP) is 3.89. The lowest BCUT2D eigenvalue weighted by molar-refractivity contribution is -0.135. The maximum Gasteiger partial charge on any atom is 0.344 e. The van der Waals surface area contributed by atoms with Crippen LogP contribution in [0.5, 0.6) is 5.75 Å². The second-order valence-electron chi connectivity index (χ2n) is 7.42. The van der Waals surface area contributed by atoms with Gasteiger partial charge in [0.2, 0.25) is 0 Å². The minimum absolute atomic E-state index is 0.000681. The molecule has 0 unspecified atom stereocenters. The number of hydrogen-bond acceptors (Lipinski definition) is 4. The summed E-state index contributed by atoms with van der Waals surface area (Å²) >= 11 is 0. The zero-order valence-corrected chi connectivity index (χ0v) is 15.7. The molecule has 1 aliphatic rings. The SMILES string of the molecule is Cc1cc(OCC(=O)N2CCC[C@@H](C)C2)cc2oc(=O)c3ccccc3c12. The van der Waals surface area contributed by atoms with Gasteiger partial charge in [-0.1, -0.05) is 25.1 Å². The van der Waals surface area contributed by atoms with Gasteiger partial charge in [-0.05, 0) is 43.4 Å². The van der Waals surface area contributed by atoms with E-state index in [2.05, 4.69) is 6.92 Å². The normalized spacial score (nSPS) is 17.4. The predicted molar refractivity (Wildman–Crippen MR) is 105 cm³/mol. The highest BCUT2D eigenvalue weighted by molar-refractivity contribution is 6.06. The van der Waals surface area contributed by atoms with E-state index in [1.165, 1.54) is 6.42 Å². The van der Waals surface area contributed by atoms with Gasteiger partial charge in [0.1, 0.15) is 11.3 Å². The van der Waals surface area contributed by atoms with E-state index in [0.717, 1.165) is 35.8 Å². The largest absolute Gasteiger partial charge is 0.484 e. The first-order chi connectivity index (χ1) is 13.0. The zero-order valence-electron chi connectivity index (χ0n) is 15.7. The van der Waals surface area contributed by atoms with Gasteiger partial charge in [0, 0.05) is 29.9 Å². The lowest BCUT2D eigenvalue weighted by atomic mass is 10.0. The van der Waals surface area contributed by atoms with E-state index in [4.69, 9.17) is 9.15 Å². The zero-order chi connectivity index (χ0) is 19.0. The number of carbonyl (C=O) groups is 1. The van der Waals surface area contributed by atoms with Crippen LogP contribution in [0.4, 0.5) is 0 Å². The Bertz CT molecular complexity index is 1070. The topological polar surface area (TPSA) is 59.8 Å². The fourth-order valence-corrected chi connectivity index (χ4v) is 3.92. The molecule has 2 aromatic carbocycles. The van der Waals surface area contributed by atoms with Crippen LogP contribution in [0, 0.1) is 12.8 Å². The van der Waals surface area contributed by atoms with Crippen molar-refractivity contribution in [1.29, 1.82) is 0 Å². The maximum atomic E-state index is 12.4. The summed E-state index contributed by atoms with van der Waals surface area (Å²) in [7, 11) is 0. The van der Waals surface area contributed by atoms with Crippen molar-refractivity contribution in [2.75, 3.05) is 19.7 Å². The molecule has 0 N–H and O–H groups in total. The highest BCUT2D eigenvalue weighted by Crippen LogP contribution is 2.30. The van der Waals surface area contributed by atoms with Crippen molar-refractivity contribution < 1.29 is 13.9 Å². The molecule has 0 spiro atoms. The van der Waals surface area contributed by atoms with E-state index in [9.17, 15) is 9.59 Å². The number of carbonyl (C=O) groups excluding carboxylic acids is 1. The average Bonchev–Trinajstić information content (AvgIpc) is 2.66. The van der Waals surface area contributed by atoms with Crippen LogP contribution in [0.1, 0.15) is 25.3 Å². The summed E-state index contributed by atoms with van der Waals surface area (Å²) in [6.07, 6.45) is 2.21. The van der Waals surface area contributed by atoms with Gasteiger partial charge in [-0.2, -0.15) is 0 Å². The van der Waals surface area contributed by atoms with E-state index in [1.807, 2.05) is 36.1 Å². The molecule has 0 saturated carbocycles. The summed E-state index contributed by atoms with van der Waals surface area (Å²) in [5.74, 6) is 1.07. The van der Waals surface area contributed by atoms with Crippen molar-refractivity contribution in [2.24, 2.45) is 5.92 Å². The number of likely N-dealkylation sites (tertiary alicyclic amines) is 1. The Morgan fingerprint density at radius 3 is 2.81 bits per heavy atom. The summed E-state index contributed by atoms with van der Waals surface area (Å²) in [6.45, 7) is 5.70. The maximum absolute atomic E-state index is 12.4. The van der Waals surface area contributed by atoms with Gasteiger partial charge in [0.25, 0.3) is 5.91 Å². The van der Waals surface area contributed by atoms with Crippen LogP contribution < -0.4 is 10.4 Å². The molecule has 0 radical (unpaired) electrons. The summed E-state index contributed by atoms with van der Waals surface area (Å²) < 4.78 is 11.2. The molecule has 1 aromatic heterocycles. The summed E-state index contributed by atoms with van der Waals surface area (Å²) in [6, 6.07) is 11.0. The first-order valence-electron chi connectivity index (χ1n) is 9.39. The molecule has 1 aliphatic heterocycles. The Hall–Kier alpha value is -2.82. The fourth-order valence-electron chi connectivity index (χ4n) is 3.92. The third-order valence-corrected chi connectivity index (χ3v) is 5.26. The third-order valence-electron chi connectivity index (χ3n) is 5.26. The minimum Gasteiger partial charge on any atom is -0.484 e. The minimum atomic E-state index is -0.368. The number of aryl methyl sites for hydroxylation is 1. The smallest absolute Gasteiger partial charge is 0.344 e. The van der Waals surface area contributed by atoms with E-state index in [0.29, 0.717) is 22.6 Å². The molecule has 1 amide bonds. The fraction of sp³-hybridized carbons (Fsp3) is 0.364.